The van der Waals surface area contributed by atoms with E-state index in [0.29, 0.717) is 17.8 Å². The first-order valence-corrected chi connectivity index (χ1v) is 9.51. The highest BCUT2D eigenvalue weighted by Gasteiger charge is 2.20. The zero-order chi connectivity index (χ0) is 18.8. The van der Waals surface area contributed by atoms with Gasteiger partial charge in [0, 0.05) is 18.3 Å². The number of rotatable bonds is 5. The summed E-state index contributed by atoms with van der Waals surface area (Å²) in [7, 11) is 0. The summed E-state index contributed by atoms with van der Waals surface area (Å²) in [5.74, 6) is 2.12. The summed E-state index contributed by atoms with van der Waals surface area (Å²) >= 11 is 0. The standard InChI is InChI=1S/C20H25N5O2/c1-13(2)27-18-5-3-4-17-16(18)12-22-25(17)19-10-11-21-20(24-19)23-14-6-8-15(26)9-7-14/h3-5,10-15,26H,6-9H2,1-2H3,(H,21,23,24)/t14-,15-. The number of ether oxygens (including phenoxy) is 1. The Morgan fingerprint density at radius 1 is 1.19 bits per heavy atom. The zero-order valence-corrected chi connectivity index (χ0v) is 15.7. The molecule has 0 spiro atoms. The predicted octanol–water partition coefficient (Wildman–Crippen LogP) is 3.32. The van der Waals surface area contributed by atoms with E-state index in [1.54, 1.807) is 10.9 Å². The molecule has 0 aliphatic heterocycles. The van der Waals surface area contributed by atoms with Gasteiger partial charge in [-0.15, -0.1) is 0 Å². The molecule has 0 saturated heterocycles. The number of aliphatic hydroxyl groups is 1. The van der Waals surface area contributed by atoms with Crippen molar-refractivity contribution in [2.24, 2.45) is 0 Å². The molecule has 0 unspecified atom stereocenters. The summed E-state index contributed by atoms with van der Waals surface area (Å²) in [6.07, 6.45) is 6.97. The predicted molar refractivity (Wildman–Crippen MR) is 104 cm³/mol. The van der Waals surface area contributed by atoms with Crippen molar-refractivity contribution in [3.05, 3.63) is 36.7 Å². The molecule has 1 aromatic carbocycles. The second-order valence-electron chi connectivity index (χ2n) is 7.30. The molecule has 2 heterocycles. The molecule has 7 heteroatoms. The molecule has 3 aromatic rings. The lowest BCUT2D eigenvalue weighted by Gasteiger charge is -2.26. The molecule has 142 valence electrons. The molecule has 1 aliphatic rings. The first kappa shape index (κ1) is 17.7. The van der Waals surface area contributed by atoms with Gasteiger partial charge in [0.25, 0.3) is 0 Å². The van der Waals surface area contributed by atoms with Crippen molar-refractivity contribution in [1.82, 2.24) is 19.7 Å². The van der Waals surface area contributed by atoms with Crippen molar-refractivity contribution in [2.75, 3.05) is 5.32 Å². The molecule has 0 bridgehead atoms. The first-order valence-electron chi connectivity index (χ1n) is 9.51. The Morgan fingerprint density at radius 2 is 2.00 bits per heavy atom. The molecule has 0 radical (unpaired) electrons. The van der Waals surface area contributed by atoms with Crippen LogP contribution in [0.15, 0.2) is 36.7 Å². The smallest absolute Gasteiger partial charge is 0.224 e. The third-order valence-corrected chi connectivity index (χ3v) is 4.82. The average Bonchev–Trinajstić information content (AvgIpc) is 3.09. The molecule has 27 heavy (non-hydrogen) atoms. The summed E-state index contributed by atoms with van der Waals surface area (Å²) in [5.41, 5.74) is 0.943. The molecule has 1 saturated carbocycles. The number of fused-ring (bicyclic) bond motifs is 1. The number of nitrogens with one attached hydrogen (secondary N) is 1. The van der Waals surface area contributed by atoms with Gasteiger partial charge in [0.2, 0.25) is 5.95 Å². The van der Waals surface area contributed by atoms with Crippen LogP contribution in [0.25, 0.3) is 16.7 Å². The summed E-state index contributed by atoms with van der Waals surface area (Å²) in [5, 5.41) is 18.5. The summed E-state index contributed by atoms with van der Waals surface area (Å²) in [4.78, 5) is 8.99. The van der Waals surface area contributed by atoms with E-state index in [1.807, 2.05) is 44.3 Å². The van der Waals surface area contributed by atoms with Crippen LogP contribution in [0.3, 0.4) is 0 Å². The number of nitrogens with zero attached hydrogens (tertiary/aromatic N) is 4. The topological polar surface area (TPSA) is 85.1 Å². The molecule has 7 nitrogen and oxygen atoms in total. The van der Waals surface area contributed by atoms with Crippen molar-refractivity contribution < 1.29 is 9.84 Å². The second kappa shape index (κ2) is 7.52. The third-order valence-electron chi connectivity index (χ3n) is 4.82. The maximum Gasteiger partial charge on any atom is 0.224 e. The Morgan fingerprint density at radius 3 is 2.78 bits per heavy atom. The highest BCUT2D eigenvalue weighted by molar-refractivity contribution is 5.86. The quantitative estimate of drug-likeness (QED) is 0.720. The maximum atomic E-state index is 9.66. The van der Waals surface area contributed by atoms with E-state index >= 15 is 0 Å². The molecule has 1 aliphatic carbocycles. The van der Waals surface area contributed by atoms with Gasteiger partial charge >= 0.3 is 0 Å². The number of hydrogen-bond donors (Lipinski definition) is 2. The summed E-state index contributed by atoms with van der Waals surface area (Å²) in [6.45, 7) is 4.02. The fourth-order valence-electron chi connectivity index (χ4n) is 3.50. The van der Waals surface area contributed by atoms with Gasteiger partial charge < -0.3 is 15.2 Å². The minimum Gasteiger partial charge on any atom is -0.490 e. The Kier molecular flexibility index (Phi) is 4.94. The van der Waals surface area contributed by atoms with Crippen molar-refractivity contribution in [2.45, 2.75) is 57.8 Å². The molecule has 0 amide bonds. The van der Waals surface area contributed by atoms with Gasteiger partial charge in [0.15, 0.2) is 5.82 Å². The van der Waals surface area contributed by atoms with E-state index in [2.05, 4.69) is 20.4 Å². The van der Waals surface area contributed by atoms with Crippen LogP contribution < -0.4 is 10.1 Å². The van der Waals surface area contributed by atoms with Gasteiger partial charge in [-0.2, -0.15) is 10.1 Å². The highest BCUT2D eigenvalue weighted by Crippen LogP contribution is 2.28. The third kappa shape index (κ3) is 3.88. The fourth-order valence-corrected chi connectivity index (χ4v) is 3.50. The van der Waals surface area contributed by atoms with Crippen LogP contribution in [0.5, 0.6) is 5.75 Å². The van der Waals surface area contributed by atoms with Gasteiger partial charge in [-0.05, 0) is 51.7 Å². The van der Waals surface area contributed by atoms with Gasteiger partial charge in [-0.1, -0.05) is 6.07 Å². The maximum absolute atomic E-state index is 9.66. The minimum atomic E-state index is -0.173. The van der Waals surface area contributed by atoms with Crippen molar-refractivity contribution in [3.8, 4) is 11.6 Å². The first-order chi connectivity index (χ1) is 13.1. The Hall–Kier alpha value is -2.67. The summed E-state index contributed by atoms with van der Waals surface area (Å²) in [6, 6.07) is 8.07. The minimum absolute atomic E-state index is 0.0998. The van der Waals surface area contributed by atoms with Crippen molar-refractivity contribution in [3.63, 3.8) is 0 Å². The van der Waals surface area contributed by atoms with E-state index in [4.69, 9.17) is 4.74 Å². The highest BCUT2D eigenvalue weighted by atomic mass is 16.5. The van der Waals surface area contributed by atoms with Crippen LogP contribution in [0.2, 0.25) is 0 Å². The Balaban J connectivity index is 1.60. The molecular formula is C20H25N5O2. The summed E-state index contributed by atoms with van der Waals surface area (Å²) < 4.78 is 7.70. The zero-order valence-electron chi connectivity index (χ0n) is 15.7. The number of hydrogen-bond acceptors (Lipinski definition) is 6. The average molecular weight is 367 g/mol. The lowest BCUT2D eigenvalue weighted by molar-refractivity contribution is 0.126. The Bertz CT molecular complexity index is 916. The lowest BCUT2D eigenvalue weighted by atomic mass is 9.93. The normalized spacial score (nSPS) is 20.1. The van der Waals surface area contributed by atoms with Gasteiger partial charge in [-0.25, -0.2) is 9.67 Å². The van der Waals surface area contributed by atoms with Crippen LogP contribution in [0, 0.1) is 0 Å². The lowest BCUT2D eigenvalue weighted by Crippen LogP contribution is -2.29. The second-order valence-corrected chi connectivity index (χ2v) is 7.30. The monoisotopic (exact) mass is 367 g/mol. The van der Waals surface area contributed by atoms with Crippen LogP contribution in [-0.2, 0) is 0 Å². The van der Waals surface area contributed by atoms with Gasteiger partial charge in [0.05, 0.1) is 29.3 Å². The SMILES string of the molecule is CC(C)Oc1cccc2c1cnn2-c1ccnc(N[C@H]2CC[C@H](O)CC2)n1. The Labute approximate surface area is 158 Å². The van der Waals surface area contributed by atoms with Gasteiger partial charge in [0.1, 0.15) is 5.75 Å². The van der Waals surface area contributed by atoms with E-state index in [9.17, 15) is 5.11 Å². The molecule has 0 atom stereocenters. The number of benzene rings is 1. The van der Waals surface area contributed by atoms with Crippen LogP contribution in [0.4, 0.5) is 5.95 Å². The molecule has 4 rings (SSSR count). The molecule has 1 fully saturated rings. The van der Waals surface area contributed by atoms with E-state index in [1.165, 1.54) is 0 Å². The van der Waals surface area contributed by atoms with Crippen molar-refractivity contribution in [1.29, 1.82) is 0 Å². The van der Waals surface area contributed by atoms with E-state index in [-0.39, 0.29) is 12.2 Å². The van der Waals surface area contributed by atoms with Crippen molar-refractivity contribution >= 4 is 16.9 Å². The van der Waals surface area contributed by atoms with Crippen LogP contribution >= 0.6 is 0 Å². The van der Waals surface area contributed by atoms with Gasteiger partial charge in [-0.3, -0.25) is 0 Å². The van der Waals surface area contributed by atoms with E-state index < -0.39 is 0 Å². The fraction of sp³-hybridized carbons (Fsp3) is 0.450. The molecule has 2 aromatic heterocycles. The number of anilines is 1. The number of aromatic nitrogens is 4. The molecule has 2 N–H and O–H groups in total. The van der Waals surface area contributed by atoms with Crippen LogP contribution in [-0.4, -0.2) is 43.1 Å². The number of aliphatic hydroxyl groups excluding tert-OH is 1. The van der Waals surface area contributed by atoms with Crippen LogP contribution in [0.1, 0.15) is 39.5 Å². The van der Waals surface area contributed by atoms with E-state index in [0.717, 1.165) is 42.3 Å². The largest absolute Gasteiger partial charge is 0.490 e. The molecular weight excluding hydrogens is 342 g/mol.